The molecule has 0 saturated heterocycles. The van der Waals surface area contributed by atoms with E-state index in [-0.39, 0.29) is 11.5 Å². The van der Waals surface area contributed by atoms with Crippen molar-refractivity contribution in [1.82, 2.24) is 10.2 Å². The number of benzene rings is 2. The molecule has 34 heavy (non-hydrogen) atoms. The van der Waals surface area contributed by atoms with Gasteiger partial charge in [0.2, 0.25) is 5.78 Å². The molecule has 0 fully saturated rings. The molecule has 0 N–H and O–H groups in total. The smallest absolute Gasteiger partial charge is 0.231 e. The average molecular weight is 479 g/mol. The number of carbonyl (C=O) groups is 1. The first kappa shape index (κ1) is 23.7. The molecule has 2 aromatic heterocycles. The summed E-state index contributed by atoms with van der Waals surface area (Å²) in [4.78, 5) is 13.4. The minimum absolute atomic E-state index is 0.218. The molecule has 0 aliphatic rings. The van der Waals surface area contributed by atoms with Crippen molar-refractivity contribution < 1.29 is 23.4 Å². The number of ketones is 1. The molecule has 0 radical (unpaired) electrons. The molecule has 2 aromatic carbocycles. The molecular formula is C26H26N2O5S. The summed E-state index contributed by atoms with van der Waals surface area (Å²) >= 11 is 1.52. The Hall–Kier alpha value is -3.49. The van der Waals surface area contributed by atoms with Crippen LogP contribution < -0.4 is 9.47 Å². The second-order valence-corrected chi connectivity index (χ2v) is 8.80. The molecular weight excluding hydrogens is 452 g/mol. The van der Waals surface area contributed by atoms with Gasteiger partial charge >= 0.3 is 0 Å². The molecule has 2 heterocycles. The fraction of sp³-hybridized carbons (Fsp3) is 0.269. The van der Waals surface area contributed by atoms with Gasteiger partial charge in [0.15, 0.2) is 5.76 Å². The predicted octanol–water partition coefficient (Wildman–Crippen LogP) is 6.06. The third-order valence-corrected chi connectivity index (χ3v) is 6.33. The summed E-state index contributed by atoms with van der Waals surface area (Å²) in [7, 11) is 3.21. The van der Waals surface area contributed by atoms with Gasteiger partial charge in [-0.25, -0.2) is 0 Å². The molecule has 0 unspecified atom stereocenters. The van der Waals surface area contributed by atoms with Crippen LogP contribution in [0.25, 0.3) is 21.9 Å². The number of aryl methyl sites for hydroxylation is 1. The molecule has 8 heteroatoms. The lowest BCUT2D eigenvalue weighted by molar-refractivity contribution is 0.0429. The summed E-state index contributed by atoms with van der Waals surface area (Å²) in [5.74, 6) is 1.86. The lowest BCUT2D eigenvalue weighted by Gasteiger charge is -2.15. The minimum atomic E-state index is -0.781. The number of rotatable bonds is 9. The van der Waals surface area contributed by atoms with E-state index in [1.54, 1.807) is 26.4 Å². The van der Waals surface area contributed by atoms with Crippen molar-refractivity contribution in [2.24, 2.45) is 0 Å². The van der Waals surface area contributed by atoms with E-state index < -0.39 is 6.10 Å². The highest BCUT2D eigenvalue weighted by atomic mass is 32.1. The maximum Gasteiger partial charge on any atom is 0.231 e. The molecule has 7 nitrogen and oxygen atoms in total. The van der Waals surface area contributed by atoms with Gasteiger partial charge in [0, 0.05) is 23.3 Å². The third kappa shape index (κ3) is 4.73. The predicted molar refractivity (Wildman–Crippen MR) is 131 cm³/mol. The summed E-state index contributed by atoms with van der Waals surface area (Å²) in [5, 5.41) is 9.98. The Morgan fingerprint density at radius 1 is 0.971 bits per heavy atom. The van der Waals surface area contributed by atoms with Crippen LogP contribution >= 0.6 is 11.3 Å². The SMILES string of the molecule is CCO[C@@H](C(=O)c1ccc(-c2cc(OC)c(C)c(OC)c2)o1)c1ccc(-c2nnc(C)s2)cc1. The van der Waals surface area contributed by atoms with Gasteiger partial charge in [-0.1, -0.05) is 35.6 Å². The molecule has 1 atom stereocenters. The summed E-state index contributed by atoms with van der Waals surface area (Å²) in [6.45, 7) is 6.08. The Bertz CT molecular complexity index is 1270. The molecule has 0 spiro atoms. The van der Waals surface area contributed by atoms with Crippen LogP contribution in [0.4, 0.5) is 0 Å². The summed E-state index contributed by atoms with van der Waals surface area (Å²) in [6.07, 6.45) is -0.781. The number of hydrogen-bond acceptors (Lipinski definition) is 8. The van der Waals surface area contributed by atoms with Gasteiger partial charge in [-0.2, -0.15) is 0 Å². The monoisotopic (exact) mass is 478 g/mol. The maximum absolute atomic E-state index is 13.4. The van der Waals surface area contributed by atoms with Crippen LogP contribution in [0.1, 0.15) is 39.7 Å². The highest BCUT2D eigenvalue weighted by Gasteiger charge is 2.26. The van der Waals surface area contributed by atoms with E-state index in [9.17, 15) is 4.79 Å². The topological polar surface area (TPSA) is 83.7 Å². The first-order valence-electron chi connectivity index (χ1n) is 10.8. The van der Waals surface area contributed by atoms with Gasteiger partial charge in [-0.15, -0.1) is 10.2 Å². The van der Waals surface area contributed by atoms with Crippen molar-refractivity contribution in [1.29, 1.82) is 0 Å². The van der Waals surface area contributed by atoms with Crippen LogP contribution in [0.3, 0.4) is 0 Å². The zero-order chi connectivity index (χ0) is 24.2. The Morgan fingerprint density at radius 2 is 1.65 bits per heavy atom. The van der Waals surface area contributed by atoms with Gasteiger partial charge in [0.1, 0.15) is 33.4 Å². The second-order valence-electron chi connectivity index (χ2n) is 7.62. The highest BCUT2D eigenvalue weighted by Crippen LogP contribution is 2.36. The number of ether oxygens (including phenoxy) is 3. The van der Waals surface area contributed by atoms with Gasteiger partial charge in [-0.05, 0) is 50.6 Å². The van der Waals surface area contributed by atoms with E-state index in [4.69, 9.17) is 18.6 Å². The standard InChI is InChI=1S/C26H26N2O5S/c1-6-32-25(17-7-9-18(10-8-17)26-28-27-16(3)34-26)24(29)21-12-11-20(33-21)19-13-22(30-4)15(2)23(14-19)31-5/h7-14,25H,6H2,1-5H3/t25-/m1/s1. The Balaban J connectivity index is 1.61. The Kier molecular flexibility index (Phi) is 7.09. The number of nitrogens with zero attached hydrogens (tertiary/aromatic N) is 2. The number of furan rings is 1. The van der Waals surface area contributed by atoms with E-state index in [0.29, 0.717) is 23.9 Å². The van der Waals surface area contributed by atoms with Crippen LogP contribution in [0.15, 0.2) is 52.9 Å². The van der Waals surface area contributed by atoms with Crippen molar-refractivity contribution in [3.63, 3.8) is 0 Å². The maximum atomic E-state index is 13.4. The lowest BCUT2D eigenvalue weighted by Crippen LogP contribution is -2.16. The lowest BCUT2D eigenvalue weighted by atomic mass is 10.0. The largest absolute Gasteiger partial charge is 0.496 e. The third-order valence-electron chi connectivity index (χ3n) is 5.44. The fourth-order valence-corrected chi connectivity index (χ4v) is 4.38. The van der Waals surface area contributed by atoms with Crippen LogP contribution in [0.2, 0.25) is 0 Å². The van der Waals surface area contributed by atoms with Crippen molar-refractivity contribution in [2.45, 2.75) is 26.9 Å². The van der Waals surface area contributed by atoms with Crippen LogP contribution in [0.5, 0.6) is 11.5 Å². The zero-order valence-electron chi connectivity index (χ0n) is 19.7. The first-order valence-corrected chi connectivity index (χ1v) is 11.7. The summed E-state index contributed by atoms with van der Waals surface area (Å²) in [5.41, 5.74) is 3.33. The fourth-order valence-electron chi connectivity index (χ4n) is 3.69. The van der Waals surface area contributed by atoms with Crippen LogP contribution in [0, 0.1) is 13.8 Å². The van der Waals surface area contributed by atoms with Crippen molar-refractivity contribution >= 4 is 17.1 Å². The van der Waals surface area contributed by atoms with Gasteiger partial charge in [0.05, 0.1) is 14.2 Å². The number of aromatic nitrogens is 2. The summed E-state index contributed by atoms with van der Waals surface area (Å²) in [6, 6.07) is 14.8. The van der Waals surface area contributed by atoms with E-state index >= 15 is 0 Å². The first-order chi connectivity index (χ1) is 16.4. The number of carbonyl (C=O) groups excluding carboxylic acids is 1. The molecule has 0 aliphatic heterocycles. The number of Topliss-reactive ketones (excluding diaryl/α,β-unsaturated/α-hetero) is 1. The van der Waals surface area contributed by atoms with Gasteiger partial charge in [0.25, 0.3) is 0 Å². The van der Waals surface area contributed by atoms with Crippen molar-refractivity contribution in [3.05, 3.63) is 70.4 Å². The van der Waals surface area contributed by atoms with Crippen LogP contribution in [-0.2, 0) is 4.74 Å². The quantitative estimate of drug-likeness (QED) is 0.270. The minimum Gasteiger partial charge on any atom is -0.496 e. The molecule has 0 aliphatic carbocycles. The molecule has 0 bridgehead atoms. The second kappa shape index (κ2) is 10.2. The van der Waals surface area contributed by atoms with E-state index in [0.717, 1.165) is 32.3 Å². The van der Waals surface area contributed by atoms with Crippen molar-refractivity contribution in [3.8, 4) is 33.4 Å². The van der Waals surface area contributed by atoms with Crippen LogP contribution in [-0.4, -0.2) is 36.8 Å². The Morgan fingerprint density at radius 3 is 2.21 bits per heavy atom. The zero-order valence-corrected chi connectivity index (χ0v) is 20.6. The molecule has 4 aromatic rings. The van der Waals surface area contributed by atoms with Gasteiger partial charge in [-0.3, -0.25) is 4.79 Å². The van der Waals surface area contributed by atoms with Crippen molar-refractivity contribution in [2.75, 3.05) is 20.8 Å². The summed E-state index contributed by atoms with van der Waals surface area (Å²) < 4.78 is 22.7. The molecule has 0 amide bonds. The molecule has 176 valence electrons. The average Bonchev–Trinajstić information content (AvgIpc) is 3.52. The van der Waals surface area contributed by atoms with E-state index in [1.807, 2.05) is 57.2 Å². The molecule has 0 saturated carbocycles. The number of methoxy groups -OCH3 is 2. The number of hydrogen-bond donors (Lipinski definition) is 0. The molecule has 4 rings (SSSR count). The Labute approximate surface area is 202 Å². The normalized spacial score (nSPS) is 11.9. The van der Waals surface area contributed by atoms with E-state index in [1.165, 1.54) is 11.3 Å². The van der Waals surface area contributed by atoms with Gasteiger partial charge < -0.3 is 18.6 Å². The van der Waals surface area contributed by atoms with E-state index in [2.05, 4.69) is 10.2 Å². The highest BCUT2D eigenvalue weighted by molar-refractivity contribution is 7.14.